The molecule has 4 heteroatoms. The first kappa shape index (κ1) is 15.6. The minimum absolute atomic E-state index is 0.0284. The van der Waals surface area contributed by atoms with E-state index in [2.05, 4.69) is 4.98 Å². The van der Waals surface area contributed by atoms with Gasteiger partial charge in [-0.1, -0.05) is 30.3 Å². The van der Waals surface area contributed by atoms with Crippen LogP contribution in [0.4, 0.5) is 4.39 Å². The zero-order chi connectivity index (χ0) is 16.4. The van der Waals surface area contributed by atoms with Crippen molar-refractivity contribution in [3.8, 4) is 5.88 Å². The van der Waals surface area contributed by atoms with E-state index in [0.29, 0.717) is 30.9 Å². The lowest BCUT2D eigenvalue weighted by molar-refractivity contribution is -0.107. The molecule has 0 atom stereocenters. The lowest BCUT2D eigenvalue weighted by Crippen LogP contribution is -2.42. The fourth-order valence-electron chi connectivity index (χ4n) is 3.22. The first-order valence-electron chi connectivity index (χ1n) is 8.69. The van der Waals surface area contributed by atoms with E-state index in [1.165, 1.54) is 6.42 Å². The van der Waals surface area contributed by atoms with Gasteiger partial charge in [0.2, 0.25) is 5.88 Å². The summed E-state index contributed by atoms with van der Waals surface area (Å²) in [7, 11) is 0. The molecule has 0 radical (unpaired) electrons. The smallest absolute Gasteiger partial charge is 0.213 e. The molecule has 0 amide bonds. The molecule has 2 aliphatic carbocycles. The van der Waals surface area contributed by atoms with Gasteiger partial charge in [0.15, 0.2) is 0 Å². The molecule has 2 aliphatic rings. The minimum atomic E-state index is -1.32. The Balaban J connectivity index is 1.33. The van der Waals surface area contributed by atoms with Crippen LogP contribution < -0.4 is 4.74 Å². The van der Waals surface area contributed by atoms with E-state index in [0.717, 1.165) is 18.4 Å². The van der Waals surface area contributed by atoms with E-state index in [-0.39, 0.29) is 12.2 Å². The average molecular weight is 327 g/mol. The molecule has 2 saturated carbocycles. The van der Waals surface area contributed by atoms with Crippen LogP contribution in [0.5, 0.6) is 5.88 Å². The third-order valence-electron chi connectivity index (χ3n) is 5.02. The highest BCUT2D eigenvalue weighted by atomic mass is 19.1. The van der Waals surface area contributed by atoms with E-state index in [1.54, 1.807) is 18.3 Å². The Morgan fingerprint density at radius 3 is 2.58 bits per heavy atom. The second-order valence-electron chi connectivity index (χ2n) is 6.85. The van der Waals surface area contributed by atoms with Crippen molar-refractivity contribution in [3.05, 3.63) is 59.8 Å². The van der Waals surface area contributed by atoms with Gasteiger partial charge in [0.25, 0.3) is 0 Å². The van der Waals surface area contributed by atoms with Crippen LogP contribution in [-0.2, 0) is 17.0 Å². The molecule has 126 valence electrons. The molecule has 0 N–H and O–H groups in total. The van der Waals surface area contributed by atoms with Gasteiger partial charge in [0.05, 0.1) is 12.7 Å². The first-order valence-corrected chi connectivity index (χ1v) is 8.69. The van der Waals surface area contributed by atoms with E-state index in [4.69, 9.17) is 9.47 Å². The van der Waals surface area contributed by atoms with Crippen LogP contribution in [0, 0.1) is 0 Å². The minimum Gasteiger partial charge on any atom is -0.474 e. The van der Waals surface area contributed by atoms with Crippen molar-refractivity contribution < 1.29 is 13.9 Å². The number of halogens is 1. The molecule has 0 saturated heterocycles. The van der Waals surface area contributed by atoms with Gasteiger partial charge < -0.3 is 9.47 Å². The van der Waals surface area contributed by atoms with Crippen molar-refractivity contribution in [2.24, 2.45) is 0 Å². The quantitative estimate of drug-likeness (QED) is 0.779. The van der Waals surface area contributed by atoms with Gasteiger partial charge in [-0.15, -0.1) is 0 Å². The van der Waals surface area contributed by atoms with Crippen molar-refractivity contribution in [2.45, 2.75) is 56.6 Å². The number of nitrogens with zero attached hydrogens (tertiary/aromatic N) is 1. The number of pyridine rings is 1. The predicted octanol–water partition coefficient (Wildman–Crippen LogP) is 4.56. The van der Waals surface area contributed by atoms with Crippen molar-refractivity contribution in [1.29, 1.82) is 0 Å². The number of hydrogen-bond acceptors (Lipinski definition) is 3. The van der Waals surface area contributed by atoms with Gasteiger partial charge in [-0.25, -0.2) is 9.37 Å². The lowest BCUT2D eigenvalue weighted by Gasteiger charge is -2.41. The van der Waals surface area contributed by atoms with Crippen molar-refractivity contribution in [3.63, 3.8) is 0 Å². The molecule has 1 heterocycles. The van der Waals surface area contributed by atoms with E-state index < -0.39 is 5.67 Å². The van der Waals surface area contributed by atoms with Crippen molar-refractivity contribution >= 4 is 0 Å². The van der Waals surface area contributed by atoms with Crippen LogP contribution >= 0.6 is 0 Å². The highest BCUT2D eigenvalue weighted by Gasteiger charge is 2.47. The fraction of sp³-hybridized carbons (Fsp3) is 0.450. The Hall–Kier alpha value is -1.94. The number of ether oxygens (including phenoxy) is 2. The molecule has 3 nitrogen and oxygen atoms in total. The van der Waals surface area contributed by atoms with Gasteiger partial charge >= 0.3 is 0 Å². The van der Waals surface area contributed by atoms with Crippen LogP contribution in [0.25, 0.3) is 0 Å². The highest BCUT2D eigenvalue weighted by Crippen LogP contribution is 2.47. The molecule has 4 rings (SSSR count). The van der Waals surface area contributed by atoms with Crippen LogP contribution in [0.15, 0.2) is 48.7 Å². The van der Waals surface area contributed by atoms with E-state index >= 15 is 4.39 Å². The second-order valence-corrected chi connectivity index (χ2v) is 6.85. The Morgan fingerprint density at radius 2 is 1.88 bits per heavy atom. The number of benzene rings is 1. The summed E-state index contributed by atoms with van der Waals surface area (Å²) in [5, 5.41) is 0. The third kappa shape index (κ3) is 3.29. The zero-order valence-electron chi connectivity index (χ0n) is 13.7. The SMILES string of the molecule is FC1(c2ccnc(OC3CCC3)c2)CC(OCc2ccccc2)C1. The van der Waals surface area contributed by atoms with Gasteiger partial charge in [-0.2, -0.15) is 0 Å². The van der Waals surface area contributed by atoms with Crippen molar-refractivity contribution in [1.82, 2.24) is 4.98 Å². The summed E-state index contributed by atoms with van der Waals surface area (Å²) in [6.45, 7) is 0.536. The molecular weight excluding hydrogens is 305 g/mol. The maximum Gasteiger partial charge on any atom is 0.213 e. The largest absolute Gasteiger partial charge is 0.474 e. The van der Waals surface area contributed by atoms with E-state index in [9.17, 15) is 0 Å². The molecule has 1 aromatic carbocycles. The summed E-state index contributed by atoms with van der Waals surface area (Å²) >= 11 is 0. The Labute approximate surface area is 141 Å². The van der Waals surface area contributed by atoms with Gasteiger partial charge in [-0.3, -0.25) is 0 Å². The molecule has 0 aliphatic heterocycles. The number of alkyl halides is 1. The third-order valence-corrected chi connectivity index (χ3v) is 5.02. The number of rotatable bonds is 6. The summed E-state index contributed by atoms with van der Waals surface area (Å²) in [4.78, 5) is 4.21. The summed E-state index contributed by atoms with van der Waals surface area (Å²) in [6.07, 6.45) is 6.01. The molecular formula is C20H22FNO2. The zero-order valence-corrected chi connectivity index (χ0v) is 13.7. The van der Waals surface area contributed by atoms with Crippen LogP contribution in [0.2, 0.25) is 0 Å². The van der Waals surface area contributed by atoms with Crippen LogP contribution in [0.3, 0.4) is 0 Å². The normalized spacial score (nSPS) is 26.5. The first-order chi connectivity index (χ1) is 11.7. The maximum atomic E-state index is 15.1. The van der Waals surface area contributed by atoms with Gasteiger partial charge in [-0.05, 0) is 36.5 Å². The topological polar surface area (TPSA) is 31.4 Å². The molecule has 1 aromatic heterocycles. The number of hydrogen-bond donors (Lipinski definition) is 0. The Kier molecular flexibility index (Phi) is 4.23. The van der Waals surface area contributed by atoms with Gasteiger partial charge in [0, 0.05) is 25.1 Å². The predicted molar refractivity (Wildman–Crippen MR) is 89.5 cm³/mol. The van der Waals surface area contributed by atoms with Crippen LogP contribution in [0.1, 0.15) is 43.2 Å². The standard InChI is InChI=1S/C20H22FNO2/c21-20(12-18(13-20)23-14-15-5-2-1-3-6-15)16-9-10-22-19(11-16)24-17-7-4-8-17/h1-3,5-6,9-11,17-18H,4,7-8,12-14H2. The summed E-state index contributed by atoms with van der Waals surface area (Å²) < 4.78 is 26.7. The fourth-order valence-corrected chi connectivity index (χ4v) is 3.22. The summed E-state index contributed by atoms with van der Waals surface area (Å²) in [5.41, 5.74) is 0.461. The molecule has 2 fully saturated rings. The lowest BCUT2D eigenvalue weighted by atomic mass is 9.74. The highest BCUT2D eigenvalue weighted by molar-refractivity contribution is 5.29. The van der Waals surface area contributed by atoms with Gasteiger partial charge in [0.1, 0.15) is 11.8 Å². The van der Waals surface area contributed by atoms with E-state index in [1.807, 2.05) is 30.3 Å². The van der Waals surface area contributed by atoms with Crippen molar-refractivity contribution in [2.75, 3.05) is 0 Å². The number of aromatic nitrogens is 1. The Morgan fingerprint density at radius 1 is 1.08 bits per heavy atom. The summed E-state index contributed by atoms with van der Waals surface area (Å²) in [5.74, 6) is 0.544. The Bertz CT molecular complexity index is 681. The monoisotopic (exact) mass is 327 g/mol. The average Bonchev–Trinajstić information content (AvgIpc) is 2.55. The summed E-state index contributed by atoms with van der Waals surface area (Å²) in [6, 6.07) is 13.5. The molecule has 24 heavy (non-hydrogen) atoms. The molecule has 2 aromatic rings. The molecule has 0 unspecified atom stereocenters. The van der Waals surface area contributed by atoms with Crippen LogP contribution in [-0.4, -0.2) is 17.2 Å². The molecule has 0 bridgehead atoms. The molecule has 0 spiro atoms. The second kappa shape index (κ2) is 6.52. The maximum absolute atomic E-state index is 15.1.